The summed E-state index contributed by atoms with van der Waals surface area (Å²) >= 11 is 0. The van der Waals surface area contributed by atoms with E-state index in [9.17, 15) is 4.79 Å². The van der Waals surface area contributed by atoms with E-state index >= 15 is 0 Å². The minimum atomic E-state index is -0.146. The Hall–Kier alpha value is -1.06. The Morgan fingerprint density at radius 3 is 2.50 bits per heavy atom. The van der Waals surface area contributed by atoms with Crippen molar-refractivity contribution in [2.75, 3.05) is 6.54 Å². The van der Waals surface area contributed by atoms with Gasteiger partial charge in [0, 0.05) is 6.42 Å². The van der Waals surface area contributed by atoms with E-state index in [2.05, 4.69) is 0 Å². The number of esters is 1. The standard InChI is InChI=1S/C12H17NO2.ClH/c13-9-5-4-8-12(14)15-10-11-6-2-1-3-7-11;/h1-3,6-7H,4-5,8-10,13H2;1H. The third kappa shape index (κ3) is 6.43. The monoisotopic (exact) mass is 243 g/mol. The third-order valence-corrected chi connectivity index (χ3v) is 2.08. The summed E-state index contributed by atoms with van der Waals surface area (Å²) in [6.45, 7) is 0.994. The van der Waals surface area contributed by atoms with Gasteiger partial charge in [-0.1, -0.05) is 30.3 Å². The van der Waals surface area contributed by atoms with Gasteiger partial charge >= 0.3 is 5.97 Å². The lowest BCUT2D eigenvalue weighted by Crippen LogP contribution is -2.06. The van der Waals surface area contributed by atoms with E-state index in [1.54, 1.807) is 0 Å². The van der Waals surface area contributed by atoms with Crippen molar-refractivity contribution in [1.82, 2.24) is 0 Å². The van der Waals surface area contributed by atoms with Crippen molar-refractivity contribution in [3.05, 3.63) is 35.9 Å². The Morgan fingerprint density at radius 1 is 1.19 bits per heavy atom. The minimum absolute atomic E-state index is 0. The first kappa shape index (κ1) is 14.9. The molecule has 0 aromatic heterocycles. The van der Waals surface area contributed by atoms with Gasteiger partial charge in [-0.15, -0.1) is 12.4 Å². The SMILES string of the molecule is Cl.NCCCCC(=O)OCc1ccccc1. The number of halogens is 1. The quantitative estimate of drug-likeness (QED) is 0.616. The molecule has 1 aromatic carbocycles. The highest BCUT2D eigenvalue weighted by molar-refractivity contribution is 5.85. The highest BCUT2D eigenvalue weighted by Gasteiger charge is 2.02. The van der Waals surface area contributed by atoms with Crippen molar-refractivity contribution in [2.24, 2.45) is 5.73 Å². The van der Waals surface area contributed by atoms with Crippen molar-refractivity contribution in [3.8, 4) is 0 Å². The van der Waals surface area contributed by atoms with Crippen LogP contribution in [0.5, 0.6) is 0 Å². The van der Waals surface area contributed by atoms with Crippen LogP contribution in [0, 0.1) is 0 Å². The van der Waals surface area contributed by atoms with E-state index in [4.69, 9.17) is 10.5 Å². The third-order valence-electron chi connectivity index (χ3n) is 2.08. The number of carbonyl (C=O) groups excluding carboxylic acids is 1. The minimum Gasteiger partial charge on any atom is -0.461 e. The molecular weight excluding hydrogens is 226 g/mol. The molecule has 0 fully saturated rings. The van der Waals surface area contributed by atoms with Gasteiger partial charge < -0.3 is 10.5 Å². The summed E-state index contributed by atoms with van der Waals surface area (Å²) in [5.41, 5.74) is 6.35. The van der Waals surface area contributed by atoms with Crippen LogP contribution in [0.15, 0.2) is 30.3 Å². The molecule has 1 aromatic rings. The second kappa shape index (κ2) is 9.19. The maximum atomic E-state index is 11.2. The van der Waals surface area contributed by atoms with Crippen LogP contribution in [0.3, 0.4) is 0 Å². The van der Waals surface area contributed by atoms with Crippen LogP contribution in [0.1, 0.15) is 24.8 Å². The first-order valence-electron chi connectivity index (χ1n) is 5.22. The summed E-state index contributed by atoms with van der Waals surface area (Å²) in [6.07, 6.45) is 2.15. The highest BCUT2D eigenvalue weighted by Crippen LogP contribution is 2.03. The number of nitrogens with two attached hydrogens (primary N) is 1. The Morgan fingerprint density at radius 2 is 1.88 bits per heavy atom. The Balaban J connectivity index is 0.00000225. The maximum Gasteiger partial charge on any atom is 0.306 e. The molecule has 4 heteroatoms. The summed E-state index contributed by atoms with van der Waals surface area (Å²) in [5.74, 6) is -0.146. The number of benzene rings is 1. The van der Waals surface area contributed by atoms with Crippen molar-refractivity contribution >= 4 is 18.4 Å². The zero-order valence-corrected chi connectivity index (χ0v) is 10.0. The normalized spacial score (nSPS) is 9.31. The number of ether oxygens (including phenoxy) is 1. The average Bonchev–Trinajstić information content (AvgIpc) is 2.28. The van der Waals surface area contributed by atoms with Crippen LogP contribution < -0.4 is 5.73 Å². The molecule has 0 unspecified atom stereocenters. The van der Waals surface area contributed by atoms with Gasteiger partial charge in [-0.2, -0.15) is 0 Å². The van der Waals surface area contributed by atoms with Crippen molar-refractivity contribution < 1.29 is 9.53 Å². The molecule has 2 N–H and O–H groups in total. The van der Waals surface area contributed by atoms with Gasteiger partial charge in [-0.05, 0) is 24.9 Å². The predicted octanol–water partition coefficient (Wildman–Crippen LogP) is 2.28. The van der Waals surface area contributed by atoms with Gasteiger partial charge in [0.05, 0.1) is 0 Å². The van der Waals surface area contributed by atoms with Gasteiger partial charge in [0.1, 0.15) is 6.61 Å². The smallest absolute Gasteiger partial charge is 0.306 e. The van der Waals surface area contributed by atoms with Crippen LogP contribution in [0.4, 0.5) is 0 Å². The van der Waals surface area contributed by atoms with Gasteiger partial charge in [0.25, 0.3) is 0 Å². The molecule has 90 valence electrons. The number of hydrogen-bond donors (Lipinski definition) is 1. The van der Waals surface area contributed by atoms with Gasteiger partial charge in [0.2, 0.25) is 0 Å². The average molecular weight is 244 g/mol. The molecule has 0 spiro atoms. The molecule has 0 saturated carbocycles. The zero-order chi connectivity index (χ0) is 10.9. The van der Waals surface area contributed by atoms with Crippen molar-refractivity contribution in [2.45, 2.75) is 25.9 Å². The second-order valence-corrected chi connectivity index (χ2v) is 3.39. The largest absolute Gasteiger partial charge is 0.461 e. The zero-order valence-electron chi connectivity index (χ0n) is 9.22. The fourth-order valence-electron chi connectivity index (χ4n) is 1.22. The van der Waals surface area contributed by atoms with E-state index in [1.165, 1.54) is 0 Å². The van der Waals surface area contributed by atoms with Crippen molar-refractivity contribution in [3.63, 3.8) is 0 Å². The number of unbranched alkanes of at least 4 members (excludes halogenated alkanes) is 1. The van der Waals surface area contributed by atoms with Crippen LogP contribution in [0.2, 0.25) is 0 Å². The lowest BCUT2D eigenvalue weighted by Gasteiger charge is -2.04. The molecule has 0 heterocycles. The van der Waals surface area contributed by atoms with Gasteiger partial charge in [-0.25, -0.2) is 0 Å². The topological polar surface area (TPSA) is 52.3 Å². The summed E-state index contributed by atoms with van der Waals surface area (Å²) in [5, 5.41) is 0. The van der Waals surface area contributed by atoms with Crippen LogP contribution >= 0.6 is 12.4 Å². The molecule has 3 nitrogen and oxygen atoms in total. The van der Waals surface area contributed by atoms with Crippen LogP contribution in [-0.2, 0) is 16.1 Å². The molecule has 0 aliphatic carbocycles. The van der Waals surface area contributed by atoms with E-state index in [0.29, 0.717) is 19.6 Å². The molecule has 0 bridgehead atoms. The predicted molar refractivity (Wildman–Crippen MR) is 66.4 cm³/mol. The lowest BCUT2D eigenvalue weighted by molar-refractivity contribution is -0.145. The van der Waals surface area contributed by atoms with E-state index < -0.39 is 0 Å². The molecule has 0 saturated heterocycles. The highest BCUT2D eigenvalue weighted by atomic mass is 35.5. The second-order valence-electron chi connectivity index (χ2n) is 3.39. The Bertz CT molecular complexity index is 290. The number of rotatable bonds is 6. The van der Waals surface area contributed by atoms with E-state index in [1.807, 2.05) is 30.3 Å². The summed E-state index contributed by atoms with van der Waals surface area (Å²) < 4.78 is 5.09. The summed E-state index contributed by atoms with van der Waals surface area (Å²) in [7, 11) is 0. The molecule has 0 atom stereocenters. The Labute approximate surface area is 102 Å². The van der Waals surface area contributed by atoms with Gasteiger partial charge in [0.15, 0.2) is 0 Å². The van der Waals surface area contributed by atoms with Crippen molar-refractivity contribution in [1.29, 1.82) is 0 Å². The van der Waals surface area contributed by atoms with Gasteiger partial charge in [-0.3, -0.25) is 4.79 Å². The first-order valence-corrected chi connectivity index (χ1v) is 5.22. The number of carbonyl (C=O) groups is 1. The molecule has 1 rings (SSSR count). The summed E-state index contributed by atoms with van der Waals surface area (Å²) in [4.78, 5) is 11.2. The van der Waals surface area contributed by atoms with E-state index in [-0.39, 0.29) is 18.4 Å². The fraction of sp³-hybridized carbons (Fsp3) is 0.417. The molecule has 0 aliphatic heterocycles. The van der Waals surface area contributed by atoms with Crippen LogP contribution in [0.25, 0.3) is 0 Å². The first-order chi connectivity index (χ1) is 7.33. The maximum absolute atomic E-state index is 11.2. The lowest BCUT2D eigenvalue weighted by atomic mass is 10.2. The van der Waals surface area contributed by atoms with Crippen LogP contribution in [-0.4, -0.2) is 12.5 Å². The fourth-order valence-corrected chi connectivity index (χ4v) is 1.22. The van der Waals surface area contributed by atoms with E-state index in [0.717, 1.165) is 18.4 Å². The molecule has 0 radical (unpaired) electrons. The number of hydrogen-bond acceptors (Lipinski definition) is 3. The molecule has 16 heavy (non-hydrogen) atoms. The Kier molecular flexibility index (Phi) is 8.58. The summed E-state index contributed by atoms with van der Waals surface area (Å²) in [6, 6.07) is 9.67. The molecule has 0 amide bonds. The molecular formula is C12H18ClNO2. The molecule has 0 aliphatic rings.